The van der Waals surface area contributed by atoms with Gasteiger partial charge in [0, 0.05) is 30.7 Å². The Morgan fingerprint density at radius 3 is 1.81 bits per heavy atom. The lowest BCUT2D eigenvalue weighted by atomic mass is 10.2. The number of hydrogen-bond donors (Lipinski definition) is 0. The number of pyridine rings is 1. The third-order valence-electron chi connectivity index (χ3n) is 2.52. The zero-order chi connectivity index (χ0) is 15.9. The van der Waals surface area contributed by atoms with E-state index in [1.807, 2.05) is 55.0 Å². The first-order chi connectivity index (χ1) is 9.77. The molecule has 114 valence electrons. The first-order valence-electron chi connectivity index (χ1n) is 6.04. The monoisotopic (exact) mass is 313 g/mol. The van der Waals surface area contributed by atoms with E-state index in [0.717, 1.165) is 11.4 Å². The summed E-state index contributed by atoms with van der Waals surface area (Å²) in [4.78, 5) is 5.77. The maximum absolute atomic E-state index is 8.49. The Hall–Kier alpha value is -1.70. The molecule has 1 heterocycles. The Kier molecular flexibility index (Phi) is 6.54. The minimum absolute atomic E-state index is 0.594. The van der Waals surface area contributed by atoms with E-state index in [0.29, 0.717) is 6.61 Å². The van der Waals surface area contributed by atoms with Crippen LogP contribution in [-0.4, -0.2) is 0 Å². The summed E-state index contributed by atoms with van der Waals surface area (Å²) in [7, 11) is -4.94. The van der Waals surface area contributed by atoms with Crippen LogP contribution in [0.4, 0.5) is 0 Å². The molecule has 1 aromatic carbocycles. The molecule has 0 aliphatic heterocycles. The lowest BCUT2D eigenvalue weighted by Gasteiger charge is -2.17. The van der Waals surface area contributed by atoms with Gasteiger partial charge in [0.25, 0.3) is 0 Å². The van der Waals surface area contributed by atoms with Gasteiger partial charge >= 0.3 is 0 Å². The van der Waals surface area contributed by atoms with Crippen molar-refractivity contribution >= 4 is 0 Å². The summed E-state index contributed by atoms with van der Waals surface area (Å²) in [6, 6.07) is 16.3. The van der Waals surface area contributed by atoms with Crippen LogP contribution in [0.25, 0.3) is 0 Å². The summed E-state index contributed by atoms with van der Waals surface area (Å²) in [5.41, 5.74) is 3.39. The lowest BCUT2D eigenvalue weighted by Crippen LogP contribution is -2.68. The Morgan fingerprint density at radius 1 is 0.857 bits per heavy atom. The van der Waals surface area contributed by atoms with Crippen molar-refractivity contribution in [3.8, 4) is 0 Å². The second-order valence-electron chi connectivity index (χ2n) is 4.24. The minimum atomic E-state index is -4.94. The van der Waals surface area contributed by atoms with Gasteiger partial charge in [0.2, 0.25) is 11.4 Å². The number of nitrogens with zero attached hydrogens (tertiary/aromatic N) is 1. The topological polar surface area (TPSA) is 105 Å². The van der Waals surface area contributed by atoms with Crippen molar-refractivity contribution < 1.29 is 38.4 Å². The van der Waals surface area contributed by atoms with E-state index in [9.17, 15) is 0 Å². The molecule has 0 spiro atoms. The second kappa shape index (κ2) is 7.92. The number of benzene rings is 1. The molecule has 0 aliphatic carbocycles. The van der Waals surface area contributed by atoms with Gasteiger partial charge < -0.3 is 0 Å². The summed E-state index contributed by atoms with van der Waals surface area (Å²) >= 11 is 0. The number of aromatic nitrogens is 1. The summed E-state index contributed by atoms with van der Waals surface area (Å²) in [5, 5.41) is 0. The Labute approximate surface area is 125 Å². The van der Waals surface area contributed by atoms with Gasteiger partial charge in [-0.3, -0.25) is 4.84 Å². The van der Waals surface area contributed by atoms with Crippen molar-refractivity contribution in [2.24, 2.45) is 0 Å². The summed E-state index contributed by atoms with van der Waals surface area (Å²) in [6.45, 7) is 4.67. The molecule has 0 N–H and O–H groups in total. The molecule has 2 aromatic rings. The highest BCUT2D eigenvalue weighted by molar-refractivity contribution is 5.13. The molecule has 0 radical (unpaired) electrons. The zero-order valence-electron chi connectivity index (χ0n) is 11.7. The maximum Gasteiger partial charge on any atom is 0.231 e. The van der Waals surface area contributed by atoms with Crippen molar-refractivity contribution in [2.75, 3.05) is 0 Å². The largest absolute Gasteiger partial charge is 0.266 e. The van der Waals surface area contributed by atoms with E-state index in [-0.39, 0.29) is 0 Å². The van der Waals surface area contributed by atoms with Crippen LogP contribution in [0.2, 0.25) is 0 Å². The highest BCUT2D eigenvalue weighted by atomic mass is 35.7. The maximum atomic E-state index is 8.49. The smallest absolute Gasteiger partial charge is 0.231 e. The van der Waals surface area contributed by atoms with Gasteiger partial charge in [-0.2, -0.15) is 0 Å². The molecule has 0 bridgehead atoms. The Balaban J connectivity index is 0.000000383. The van der Waals surface area contributed by atoms with Crippen LogP contribution in [0.15, 0.2) is 48.5 Å². The lowest BCUT2D eigenvalue weighted by molar-refractivity contribution is -2.00. The third kappa shape index (κ3) is 7.60. The van der Waals surface area contributed by atoms with E-state index in [4.69, 9.17) is 23.5 Å². The predicted octanol–water partition coefficient (Wildman–Crippen LogP) is -2.54. The number of aryl methyl sites for hydroxylation is 2. The molecular formula is C14H16ClNO5. The molecule has 7 heteroatoms. The van der Waals surface area contributed by atoms with Crippen molar-refractivity contribution in [1.29, 1.82) is 0 Å². The van der Waals surface area contributed by atoms with Gasteiger partial charge in [0.1, 0.15) is 0 Å². The van der Waals surface area contributed by atoms with E-state index >= 15 is 0 Å². The molecule has 0 atom stereocenters. The van der Waals surface area contributed by atoms with Crippen LogP contribution in [0.1, 0.15) is 17.0 Å². The quantitative estimate of drug-likeness (QED) is 0.581. The van der Waals surface area contributed by atoms with Gasteiger partial charge in [0.15, 0.2) is 6.61 Å². The molecule has 0 aliphatic rings. The molecule has 1 aromatic heterocycles. The minimum Gasteiger partial charge on any atom is -0.266 e. The van der Waals surface area contributed by atoms with Crippen molar-refractivity contribution in [1.82, 2.24) is 0 Å². The normalized spacial score (nSPS) is 10.6. The predicted molar refractivity (Wildman–Crippen MR) is 62.8 cm³/mol. The van der Waals surface area contributed by atoms with Crippen LogP contribution in [-0.2, 0) is 6.61 Å². The molecule has 0 unspecified atom stereocenters. The Morgan fingerprint density at radius 2 is 1.33 bits per heavy atom. The number of rotatable bonds is 3. The summed E-state index contributed by atoms with van der Waals surface area (Å²) in [5.74, 6) is 0. The molecular weight excluding hydrogens is 298 g/mol. The molecule has 0 saturated carbocycles. The van der Waals surface area contributed by atoms with Gasteiger partial charge in [-0.1, -0.05) is 30.3 Å². The van der Waals surface area contributed by atoms with Crippen LogP contribution in [0, 0.1) is 24.1 Å². The fourth-order valence-electron chi connectivity index (χ4n) is 1.66. The van der Waals surface area contributed by atoms with Gasteiger partial charge in [-0.05, 0) is 11.6 Å². The summed E-state index contributed by atoms with van der Waals surface area (Å²) < 4.78 is 35.8. The number of hydrogen-bond acceptors (Lipinski definition) is 5. The van der Waals surface area contributed by atoms with Crippen molar-refractivity contribution in [3.05, 3.63) is 65.5 Å². The average molecular weight is 314 g/mol. The first-order valence-corrected chi connectivity index (χ1v) is 7.28. The van der Waals surface area contributed by atoms with Gasteiger partial charge in [-0.15, -0.1) is 10.2 Å². The average Bonchev–Trinajstić information content (AvgIpc) is 2.37. The van der Waals surface area contributed by atoms with Crippen LogP contribution < -0.4 is 28.2 Å². The molecule has 2 rings (SSSR count). The van der Waals surface area contributed by atoms with E-state index in [2.05, 4.69) is 12.1 Å². The molecule has 0 fully saturated rings. The summed E-state index contributed by atoms with van der Waals surface area (Å²) in [6.07, 6.45) is 0. The third-order valence-corrected chi connectivity index (χ3v) is 2.52. The van der Waals surface area contributed by atoms with Gasteiger partial charge in [-0.25, -0.2) is 18.6 Å². The standard InChI is InChI=1S/C14H16NO.ClHO4/c1-12-7-6-8-13(2)15(12)16-11-14-9-4-3-5-10-14;2-1(3,4)5/h3-10H,11H2,1-2H3;(H,2,3,4,5)/q+1;/p-1. The fraction of sp³-hybridized carbons (Fsp3) is 0.214. The molecule has 0 amide bonds. The highest BCUT2D eigenvalue weighted by Gasteiger charge is 2.11. The van der Waals surface area contributed by atoms with Crippen LogP contribution in [0.3, 0.4) is 0 Å². The Bertz CT molecular complexity index is 531. The molecule has 0 saturated heterocycles. The first kappa shape index (κ1) is 17.4. The van der Waals surface area contributed by atoms with Crippen molar-refractivity contribution in [2.45, 2.75) is 20.5 Å². The zero-order valence-corrected chi connectivity index (χ0v) is 12.4. The highest BCUT2D eigenvalue weighted by Crippen LogP contribution is 1.99. The fourth-order valence-corrected chi connectivity index (χ4v) is 1.66. The SMILES string of the molecule is Cc1cccc(C)[n+]1OCc1ccccc1.[O-][Cl+3]([O-])([O-])[O-]. The second-order valence-corrected chi connectivity index (χ2v) is 5.00. The van der Waals surface area contributed by atoms with E-state index < -0.39 is 10.2 Å². The van der Waals surface area contributed by atoms with E-state index in [1.54, 1.807) is 0 Å². The molecule has 6 nitrogen and oxygen atoms in total. The van der Waals surface area contributed by atoms with Crippen LogP contribution >= 0.6 is 0 Å². The molecule has 21 heavy (non-hydrogen) atoms. The van der Waals surface area contributed by atoms with Gasteiger partial charge in [0.05, 0.1) is 0 Å². The van der Waals surface area contributed by atoms with Crippen molar-refractivity contribution in [3.63, 3.8) is 0 Å². The number of halogens is 1. The van der Waals surface area contributed by atoms with E-state index in [1.165, 1.54) is 5.56 Å². The van der Waals surface area contributed by atoms with Crippen LogP contribution in [0.5, 0.6) is 0 Å².